The molecule has 0 fully saturated rings. The van der Waals surface area contributed by atoms with Crippen LogP contribution >= 0.6 is 0 Å². The van der Waals surface area contributed by atoms with E-state index in [-0.39, 0.29) is 12.5 Å². The number of carbonyl (C=O) groups is 2. The first-order valence-corrected chi connectivity index (χ1v) is 10.2. The van der Waals surface area contributed by atoms with Crippen molar-refractivity contribution in [2.24, 2.45) is 0 Å². The van der Waals surface area contributed by atoms with Gasteiger partial charge in [-0.2, -0.15) is 0 Å². The van der Waals surface area contributed by atoms with E-state index in [4.69, 9.17) is 4.74 Å². The summed E-state index contributed by atoms with van der Waals surface area (Å²) in [5, 5.41) is 6.16. The first kappa shape index (κ1) is 22.1. The zero-order valence-corrected chi connectivity index (χ0v) is 18.6. The quantitative estimate of drug-likeness (QED) is 0.501. The summed E-state index contributed by atoms with van der Waals surface area (Å²) in [6.07, 6.45) is 0. The van der Waals surface area contributed by atoms with Crippen molar-refractivity contribution >= 4 is 28.9 Å². The summed E-state index contributed by atoms with van der Waals surface area (Å²) in [6.45, 7) is 9.60. The fourth-order valence-electron chi connectivity index (χ4n) is 3.56. The van der Waals surface area contributed by atoms with E-state index in [2.05, 4.69) is 10.6 Å². The molecule has 160 valence electrons. The summed E-state index contributed by atoms with van der Waals surface area (Å²) in [6, 6.07) is 17.1. The van der Waals surface area contributed by atoms with E-state index in [9.17, 15) is 9.59 Å². The monoisotopic (exact) mass is 416 g/mol. The van der Waals surface area contributed by atoms with Crippen LogP contribution in [0.5, 0.6) is 0 Å². The molecule has 0 unspecified atom stereocenters. The number of esters is 1. The molecule has 3 rings (SSSR count). The maximum absolute atomic E-state index is 12.7. The van der Waals surface area contributed by atoms with E-state index >= 15 is 0 Å². The number of hydrogen-bond acceptors (Lipinski definition) is 4. The van der Waals surface area contributed by atoms with Gasteiger partial charge in [-0.15, -0.1) is 0 Å². The molecule has 0 radical (unpaired) electrons. The predicted molar refractivity (Wildman–Crippen MR) is 125 cm³/mol. The van der Waals surface area contributed by atoms with Crippen LogP contribution in [0.1, 0.15) is 38.2 Å². The lowest BCUT2D eigenvalue weighted by Crippen LogP contribution is -2.22. The number of benzene rings is 3. The Hall–Kier alpha value is -3.60. The molecule has 0 bridgehead atoms. The van der Waals surface area contributed by atoms with Gasteiger partial charge in [-0.05, 0) is 75.1 Å². The van der Waals surface area contributed by atoms with Crippen molar-refractivity contribution in [3.63, 3.8) is 0 Å². The third-order valence-electron chi connectivity index (χ3n) is 5.30. The average molecular weight is 417 g/mol. The Morgan fingerprint density at radius 3 is 2.16 bits per heavy atom. The van der Waals surface area contributed by atoms with Crippen molar-refractivity contribution in [1.29, 1.82) is 0 Å². The van der Waals surface area contributed by atoms with Crippen LogP contribution in [0.4, 0.5) is 17.1 Å². The van der Waals surface area contributed by atoms with Gasteiger partial charge in [-0.1, -0.05) is 42.0 Å². The van der Waals surface area contributed by atoms with Gasteiger partial charge in [0.2, 0.25) is 0 Å². The standard InChI is InChI=1S/C26H28N2O3/c1-16-13-18(3)25(19(4)14-16)28-24(29)15-31-26(30)21-10-6-7-11-23(21)27-22-12-8-9-17(2)20(22)5/h6-14,27H,15H2,1-5H3,(H,28,29). The molecule has 3 aromatic rings. The van der Waals surface area contributed by atoms with E-state index < -0.39 is 5.97 Å². The fourth-order valence-corrected chi connectivity index (χ4v) is 3.56. The zero-order valence-electron chi connectivity index (χ0n) is 18.6. The van der Waals surface area contributed by atoms with Crippen molar-refractivity contribution in [2.45, 2.75) is 34.6 Å². The number of amides is 1. The molecule has 0 aliphatic heterocycles. The highest BCUT2D eigenvalue weighted by atomic mass is 16.5. The van der Waals surface area contributed by atoms with Crippen LogP contribution in [0.15, 0.2) is 54.6 Å². The normalized spacial score (nSPS) is 10.5. The highest BCUT2D eigenvalue weighted by molar-refractivity contribution is 5.99. The van der Waals surface area contributed by atoms with Crippen LogP contribution in [-0.2, 0) is 9.53 Å². The summed E-state index contributed by atoms with van der Waals surface area (Å²) in [5.74, 6) is -0.927. The molecule has 5 nitrogen and oxygen atoms in total. The number of rotatable bonds is 6. The minimum absolute atomic E-state index is 0.358. The van der Waals surface area contributed by atoms with E-state index in [0.717, 1.165) is 39.2 Å². The van der Waals surface area contributed by atoms with Gasteiger partial charge in [-0.25, -0.2) is 4.79 Å². The Morgan fingerprint density at radius 2 is 1.45 bits per heavy atom. The van der Waals surface area contributed by atoms with E-state index in [1.165, 1.54) is 0 Å². The maximum atomic E-state index is 12.7. The van der Waals surface area contributed by atoms with E-state index in [1.807, 2.05) is 77.1 Å². The molecule has 1 amide bonds. The van der Waals surface area contributed by atoms with Gasteiger partial charge in [0.25, 0.3) is 5.91 Å². The zero-order chi connectivity index (χ0) is 22.5. The van der Waals surface area contributed by atoms with Crippen molar-refractivity contribution in [1.82, 2.24) is 0 Å². The summed E-state index contributed by atoms with van der Waals surface area (Å²) in [7, 11) is 0. The molecule has 31 heavy (non-hydrogen) atoms. The third kappa shape index (κ3) is 5.31. The van der Waals surface area contributed by atoms with Crippen LogP contribution in [0.3, 0.4) is 0 Å². The Morgan fingerprint density at radius 1 is 0.806 bits per heavy atom. The summed E-state index contributed by atoms with van der Waals surface area (Å²) < 4.78 is 5.31. The molecule has 0 saturated heterocycles. The first-order valence-electron chi connectivity index (χ1n) is 10.2. The van der Waals surface area contributed by atoms with Gasteiger partial charge in [0, 0.05) is 11.4 Å². The lowest BCUT2D eigenvalue weighted by atomic mass is 10.1. The number of ether oxygens (including phenoxy) is 1. The minimum Gasteiger partial charge on any atom is -0.452 e. The van der Waals surface area contributed by atoms with Gasteiger partial charge in [0.15, 0.2) is 6.61 Å². The van der Waals surface area contributed by atoms with Gasteiger partial charge >= 0.3 is 5.97 Å². The van der Waals surface area contributed by atoms with E-state index in [1.54, 1.807) is 12.1 Å². The number of carbonyl (C=O) groups excluding carboxylic acids is 2. The molecule has 0 aromatic heterocycles. The summed E-state index contributed by atoms with van der Waals surface area (Å²) >= 11 is 0. The number of hydrogen-bond donors (Lipinski definition) is 2. The van der Waals surface area contributed by atoms with Crippen LogP contribution in [0.25, 0.3) is 0 Å². The Kier molecular flexibility index (Phi) is 6.75. The van der Waals surface area contributed by atoms with Gasteiger partial charge < -0.3 is 15.4 Å². The number of aryl methyl sites for hydroxylation is 4. The second-order valence-electron chi connectivity index (χ2n) is 7.82. The fraction of sp³-hybridized carbons (Fsp3) is 0.231. The van der Waals surface area contributed by atoms with Crippen LogP contribution in [0.2, 0.25) is 0 Å². The largest absolute Gasteiger partial charge is 0.452 e. The number of nitrogens with one attached hydrogen (secondary N) is 2. The maximum Gasteiger partial charge on any atom is 0.340 e. The molecule has 3 aromatic carbocycles. The van der Waals surface area contributed by atoms with Gasteiger partial charge in [0.1, 0.15) is 0 Å². The van der Waals surface area contributed by atoms with Gasteiger partial charge in [-0.3, -0.25) is 4.79 Å². The molecule has 0 atom stereocenters. The summed E-state index contributed by atoms with van der Waals surface area (Å²) in [4.78, 5) is 25.1. The average Bonchev–Trinajstić information content (AvgIpc) is 2.72. The SMILES string of the molecule is Cc1cc(C)c(NC(=O)COC(=O)c2ccccc2Nc2cccc(C)c2C)c(C)c1. The molecule has 0 aliphatic carbocycles. The topological polar surface area (TPSA) is 67.4 Å². The Balaban J connectivity index is 1.69. The minimum atomic E-state index is -0.555. The number of anilines is 3. The second kappa shape index (κ2) is 9.47. The summed E-state index contributed by atoms with van der Waals surface area (Å²) in [5.41, 5.74) is 8.02. The molecule has 0 saturated carbocycles. The predicted octanol–water partition coefficient (Wildman–Crippen LogP) is 5.77. The Labute approximate surface area is 183 Å². The molecule has 2 N–H and O–H groups in total. The van der Waals surface area contributed by atoms with Crippen LogP contribution < -0.4 is 10.6 Å². The van der Waals surface area contributed by atoms with Crippen molar-refractivity contribution in [3.05, 3.63) is 88.0 Å². The molecular weight excluding hydrogens is 388 g/mol. The Bertz CT molecular complexity index is 1110. The third-order valence-corrected chi connectivity index (χ3v) is 5.30. The molecule has 0 spiro atoms. The van der Waals surface area contributed by atoms with Crippen LogP contribution in [-0.4, -0.2) is 18.5 Å². The van der Waals surface area contributed by atoms with E-state index in [0.29, 0.717) is 11.3 Å². The van der Waals surface area contributed by atoms with Crippen LogP contribution in [0, 0.1) is 34.6 Å². The first-order chi connectivity index (χ1) is 14.8. The number of para-hydroxylation sites is 1. The smallest absolute Gasteiger partial charge is 0.340 e. The molecular formula is C26H28N2O3. The highest BCUT2D eigenvalue weighted by Gasteiger charge is 2.16. The molecule has 0 aliphatic rings. The van der Waals surface area contributed by atoms with Gasteiger partial charge in [0.05, 0.1) is 11.3 Å². The molecule has 0 heterocycles. The van der Waals surface area contributed by atoms with Crippen molar-refractivity contribution in [3.8, 4) is 0 Å². The van der Waals surface area contributed by atoms with Crippen molar-refractivity contribution < 1.29 is 14.3 Å². The lowest BCUT2D eigenvalue weighted by Gasteiger charge is -2.15. The second-order valence-corrected chi connectivity index (χ2v) is 7.82. The molecule has 5 heteroatoms. The highest BCUT2D eigenvalue weighted by Crippen LogP contribution is 2.26. The lowest BCUT2D eigenvalue weighted by molar-refractivity contribution is -0.119. The van der Waals surface area contributed by atoms with Crippen molar-refractivity contribution in [2.75, 3.05) is 17.2 Å².